The lowest BCUT2D eigenvalue weighted by Gasteiger charge is -2.09. The Hall–Kier alpha value is -0.260. The highest BCUT2D eigenvalue weighted by Gasteiger charge is 2.01. The quantitative estimate of drug-likeness (QED) is 0.202. The molecule has 0 aromatic heterocycles. The van der Waals surface area contributed by atoms with Gasteiger partial charge >= 0.3 is 0 Å². The molecule has 124 valence electrons. The molecule has 0 aromatic rings. The second kappa shape index (κ2) is 17.8. The molecule has 0 aromatic carbocycles. The van der Waals surface area contributed by atoms with Crippen molar-refractivity contribution in [2.45, 2.75) is 103 Å². The van der Waals surface area contributed by atoms with Gasteiger partial charge in [0.05, 0.1) is 0 Å². The Kier molecular flexibility index (Phi) is 17.6. The average Bonchev–Trinajstić information content (AvgIpc) is 2.51. The number of allylic oxidation sites excluding steroid dienone is 2. The highest BCUT2D eigenvalue weighted by atomic mass is 14.1. The van der Waals surface area contributed by atoms with Crippen molar-refractivity contribution in [2.24, 2.45) is 5.92 Å². The minimum atomic E-state index is 0.817. The predicted octanol–water partition coefficient (Wildman–Crippen LogP) is 7.70. The van der Waals surface area contributed by atoms with Gasteiger partial charge in [-0.1, -0.05) is 104 Å². The van der Waals surface area contributed by atoms with Crippen LogP contribution in [-0.2, 0) is 0 Å². The number of unbranched alkanes of at least 4 members (excludes halogenated alkanes) is 11. The van der Waals surface area contributed by atoms with Crippen molar-refractivity contribution in [1.29, 1.82) is 0 Å². The standard InChI is InChI=1S/C21H40/c1-4-7-9-11-12-13-14-15-16-18-20-21(6-3)19-17-10-8-5-2/h17,19,21H,1-2,4-16,18,20H2,3H3. The van der Waals surface area contributed by atoms with E-state index < -0.39 is 0 Å². The summed E-state index contributed by atoms with van der Waals surface area (Å²) in [6.07, 6.45) is 24.9. The van der Waals surface area contributed by atoms with Gasteiger partial charge in [-0.2, -0.15) is 0 Å². The van der Waals surface area contributed by atoms with E-state index in [0.717, 1.165) is 18.8 Å². The van der Waals surface area contributed by atoms with Crippen molar-refractivity contribution in [3.05, 3.63) is 26.0 Å². The maximum absolute atomic E-state index is 3.89. The topological polar surface area (TPSA) is 0 Å². The maximum atomic E-state index is 3.89. The fourth-order valence-electron chi connectivity index (χ4n) is 2.81. The zero-order valence-electron chi connectivity index (χ0n) is 14.8. The second-order valence-corrected chi connectivity index (χ2v) is 6.42. The van der Waals surface area contributed by atoms with E-state index in [9.17, 15) is 0 Å². The van der Waals surface area contributed by atoms with Crippen LogP contribution in [0.1, 0.15) is 103 Å². The van der Waals surface area contributed by atoms with Crippen LogP contribution < -0.4 is 0 Å². The summed E-state index contributed by atoms with van der Waals surface area (Å²) >= 11 is 0. The van der Waals surface area contributed by atoms with Crippen molar-refractivity contribution >= 4 is 0 Å². The van der Waals surface area contributed by atoms with Gasteiger partial charge in [0.25, 0.3) is 0 Å². The predicted molar refractivity (Wildman–Crippen MR) is 98.3 cm³/mol. The van der Waals surface area contributed by atoms with Gasteiger partial charge in [-0.3, -0.25) is 0 Å². The summed E-state index contributed by atoms with van der Waals surface area (Å²) in [5, 5.41) is 0. The first-order valence-electron chi connectivity index (χ1n) is 9.60. The molecule has 0 aliphatic heterocycles. The third-order valence-electron chi connectivity index (χ3n) is 4.38. The van der Waals surface area contributed by atoms with Gasteiger partial charge in [-0.25, -0.2) is 0 Å². The van der Waals surface area contributed by atoms with E-state index in [4.69, 9.17) is 0 Å². The van der Waals surface area contributed by atoms with Crippen LogP contribution in [0.4, 0.5) is 0 Å². The smallest absolute Gasteiger partial charge is 0.0236 e. The lowest BCUT2D eigenvalue weighted by Crippen LogP contribution is -1.94. The minimum Gasteiger partial charge on any atom is -0.0883 e. The van der Waals surface area contributed by atoms with Crippen molar-refractivity contribution in [3.63, 3.8) is 0 Å². The van der Waals surface area contributed by atoms with Crippen LogP contribution in [0.3, 0.4) is 0 Å². The van der Waals surface area contributed by atoms with Gasteiger partial charge in [0, 0.05) is 0 Å². The summed E-state index contributed by atoms with van der Waals surface area (Å²) in [5.41, 5.74) is 0. The minimum absolute atomic E-state index is 0.817. The first-order valence-corrected chi connectivity index (χ1v) is 9.60. The molecule has 2 radical (unpaired) electrons. The molecule has 0 rings (SSSR count). The monoisotopic (exact) mass is 292 g/mol. The third kappa shape index (κ3) is 15.9. The molecule has 0 nitrogen and oxygen atoms in total. The molecule has 0 saturated carbocycles. The van der Waals surface area contributed by atoms with Crippen LogP contribution in [0.2, 0.25) is 0 Å². The fourth-order valence-corrected chi connectivity index (χ4v) is 2.81. The van der Waals surface area contributed by atoms with Gasteiger partial charge in [-0.15, -0.1) is 0 Å². The normalized spacial score (nSPS) is 13.1. The van der Waals surface area contributed by atoms with Gasteiger partial charge in [-0.05, 0) is 31.6 Å². The van der Waals surface area contributed by atoms with Gasteiger partial charge in [0.1, 0.15) is 0 Å². The fraction of sp³-hybridized carbons (Fsp3) is 0.810. The molecule has 1 atom stereocenters. The Labute approximate surface area is 135 Å². The van der Waals surface area contributed by atoms with Crippen molar-refractivity contribution in [3.8, 4) is 0 Å². The molecular formula is C21H40. The van der Waals surface area contributed by atoms with Crippen LogP contribution in [0.15, 0.2) is 12.2 Å². The first-order chi connectivity index (χ1) is 10.3. The molecule has 0 aliphatic rings. The molecule has 0 spiro atoms. The molecule has 1 unspecified atom stereocenters. The van der Waals surface area contributed by atoms with Crippen LogP contribution in [0.25, 0.3) is 0 Å². The average molecular weight is 293 g/mol. The maximum Gasteiger partial charge on any atom is -0.0236 e. The van der Waals surface area contributed by atoms with Gasteiger partial charge in [0.2, 0.25) is 0 Å². The molecular weight excluding hydrogens is 252 g/mol. The molecule has 0 N–H and O–H groups in total. The highest BCUT2D eigenvalue weighted by molar-refractivity contribution is 4.87. The summed E-state index contributed by atoms with van der Waals surface area (Å²) in [5.74, 6) is 0.817. The largest absolute Gasteiger partial charge is 0.0883 e. The van der Waals surface area contributed by atoms with Crippen LogP contribution in [-0.4, -0.2) is 0 Å². The summed E-state index contributed by atoms with van der Waals surface area (Å²) in [4.78, 5) is 0. The third-order valence-corrected chi connectivity index (χ3v) is 4.38. The van der Waals surface area contributed by atoms with E-state index in [1.165, 1.54) is 83.5 Å². The lowest BCUT2D eigenvalue weighted by molar-refractivity contribution is 0.501. The SMILES string of the molecule is [CH2]CCCC=CC(CC)CCCCCCCCCCC[CH2]. The zero-order valence-corrected chi connectivity index (χ0v) is 14.8. The van der Waals surface area contributed by atoms with E-state index in [0.29, 0.717) is 0 Å². The molecule has 21 heavy (non-hydrogen) atoms. The molecule has 0 aliphatic carbocycles. The summed E-state index contributed by atoms with van der Waals surface area (Å²) in [6, 6.07) is 0. The highest BCUT2D eigenvalue weighted by Crippen LogP contribution is 2.17. The first kappa shape index (κ1) is 20.7. The van der Waals surface area contributed by atoms with E-state index in [-0.39, 0.29) is 0 Å². The Bertz CT molecular complexity index is 204. The number of hydrogen-bond donors (Lipinski definition) is 0. The van der Waals surface area contributed by atoms with Crippen molar-refractivity contribution < 1.29 is 0 Å². The van der Waals surface area contributed by atoms with Crippen LogP contribution in [0, 0.1) is 19.8 Å². The Morgan fingerprint density at radius 2 is 1.24 bits per heavy atom. The molecule has 0 heterocycles. The second-order valence-electron chi connectivity index (χ2n) is 6.42. The summed E-state index contributed by atoms with van der Waals surface area (Å²) in [6.45, 7) is 10.1. The Balaban J connectivity index is 3.33. The Morgan fingerprint density at radius 1 is 0.714 bits per heavy atom. The van der Waals surface area contributed by atoms with Crippen molar-refractivity contribution in [2.75, 3.05) is 0 Å². The van der Waals surface area contributed by atoms with E-state index >= 15 is 0 Å². The summed E-state index contributed by atoms with van der Waals surface area (Å²) < 4.78 is 0. The molecule has 0 bridgehead atoms. The Morgan fingerprint density at radius 3 is 1.76 bits per heavy atom. The summed E-state index contributed by atoms with van der Waals surface area (Å²) in [7, 11) is 0. The van der Waals surface area contributed by atoms with E-state index in [2.05, 4.69) is 32.9 Å². The zero-order chi connectivity index (χ0) is 15.6. The van der Waals surface area contributed by atoms with Crippen molar-refractivity contribution in [1.82, 2.24) is 0 Å². The molecule has 0 amide bonds. The van der Waals surface area contributed by atoms with Crippen LogP contribution >= 0.6 is 0 Å². The van der Waals surface area contributed by atoms with E-state index in [1.54, 1.807) is 0 Å². The lowest BCUT2D eigenvalue weighted by atomic mass is 9.97. The van der Waals surface area contributed by atoms with Crippen LogP contribution in [0.5, 0.6) is 0 Å². The van der Waals surface area contributed by atoms with E-state index in [1.807, 2.05) is 0 Å². The molecule has 0 fully saturated rings. The number of hydrogen-bond acceptors (Lipinski definition) is 0. The number of rotatable bonds is 16. The molecule has 0 saturated heterocycles. The van der Waals surface area contributed by atoms with Gasteiger partial charge in [0.15, 0.2) is 0 Å². The molecule has 0 heteroatoms. The van der Waals surface area contributed by atoms with Gasteiger partial charge < -0.3 is 0 Å².